The van der Waals surface area contributed by atoms with E-state index in [4.69, 9.17) is 4.74 Å². The number of hydrogen-bond acceptors (Lipinski definition) is 2. The SMILES string of the molecule is CCCCCOc1c(Br)cc(CNC)cc1Br. The summed E-state index contributed by atoms with van der Waals surface area (Å²) in [6.07, 6.45) is 3.54. The van der Waals surface area contributed by atoms with Gasteiger partial charge in [0.25, 0.3) is 0 Å². The third-order valence-electron chi connectivity index (χ3n) is 2.43. The van der Waals surface area contributed by atoms with Crippen molar-refractivity contribution in [1.29, 1.82) is 0 Å². The molecule has 1 rings (SSSR count). The van der Waals surface area contributed by atoms with E-state index in [1.807, 2.05) is 7.05 Å². The second-order valence-corrected chi connectivity index (χ2v) is 5.68. The monoisotopic (exact) mass is 363 g/mol. The van der Waals surface area contributed by atoms with Gasteiger partial charge in [0.2, 0.25) is 0 Å². The molecule has 1 N–H and O–H groups in total. The highest BCUT2D eigenvalue weighted by Gasteiger charge is 2.08. The molecule has 0 bridgehead atoms. The minimum atomic E-state index is 0.774. The van der Waals surface area contributed by atoms with Crippen LogP contribution in [0.5, 0.6) is 5.75 Å². The molecule has 4 heteroatoms. The minimum Gasteiger partial charge on any atom is -0.491 e. The van der Waals surface area contributed by atoms with Crippen molar-refractivity contribution < 1.29 is 4.74 Å². The smallest absolute Gasteiger partial charge is 0.147 e. The summed E-state index contributed by atoms with van der Waals surface area (Å²) in [5, 5.41) is 3.14. The summed E-state index contributed by atoms with van der Waals surface area (Å²) >= 11 is 7.11. The van der Waals surface area contributed by atoms with Crippen LogP contribution in [0, 0.1) is 0 Å². The van der Waals surface area contributed by atoms with E-state index < -0.39 is 0 Å². The normalized spacial score (nSPS) is 10.6. The largest absolute Gasteiger partial charge is 0.491 e. The first-order valence-electron chi connectivity index (χ1n) is 5.94. The van der Waals surface area contributed by atoms with Gasteiger partial charge in [-0.3, -0.25) is 0 Å². The van der Waals surface area contributed by atoms with Crippen LogP contribution < -0.4 is 10.1 Å². The van der Waals surface area contributed by atoms with Crippen LogP contribution in [-0.4, -0.2) is 13.7 Å². The molecule has 0 aliphatic heterocycles. The van der Waals surface area contributed by atoms with Gasteiger partial charge in [-0.2, -0.15) is 0 Å². The maximum atomic E-state index is 5.79. The van der Waals surface area contributed by atoms with Crippen molar-refractivity contribution >= 4 is 31.9 Å². The fourth-order valence-corrected chi connectivity index (χ4v) is 3.09. The van der Waals surface area contributed by atoms with E-state index in [2.05, 4.69) is 56.2 Å². The Bertz CT molecular complexity index is 332. The molecule has 0 spiro atoms. The van der Waals surface area contributed by atoms with Gasteiger partial charge in [0.1, 0.15) is 5.75 Å². The number of hydrogen-bond donors (Lipinski definition) is 1. The van der Waals surface area contributed by atoms with Crippen LogP contribution in [-0.2, 0) is 6.54 Å². The van der Waals surface area contributed by atoms with Gasteiger partial charge < -0.3 is 10.1 Å². The van der Waals surface area contributed by atoms with Crippen molar-refractivity contribution in [3.63, 3.8) is 0 Å². The Hall–Kier alpha value is -0.0600. The highest BCUT2D eigenvalue weighted by Crippen LogP contribution is 2.34. The summed E-state index contributed by atoms with van der Waals surface area (Å²) in [4.78, 5) is 0. The molecule has 0 atom stereocenters. The Morgan fingerprint density at radius 1 is 1.18 bits per heavy atom. The van der Waals surface area contributed by atoms with Crippen molar-refractivity contribution in [2.24, 2.45) is 0 Å². The van der Waals surface area contributed by atoms with Gasteiger partial charge in [-0.05, 0) is 63.0 Å². The lowest BCUT2D eigenvalue weighted by atomic mass is 10.2. The quantitative estimate of drug-likeness (QED) is 0.719. The fraction of sp³-hybridized carbons (Fsp3) is 0.538. The van der Waals surface area contributed by atoms with Gasteiger partial charge in [-0.15, -0.1) is 0 Å². The summed E-state index contributed by atoms with van der Waals surface area (Å²) in [5.41, 5.74) is 1.23. The Morgan fingerprint density at radius 2 is 1.82 bits per heavy atom. The Kier molecular flexibility index (Phi) is 7.16. The lowest BCUT2D eigenvalue weighted by Crippen LogP contribution is -2.06. The van der Waals surface area contributed by atoms with Crippen LogP contribution in [0.2, 0.25) is 0 Å². The molecule has 96 valence electrons. The molecule has 0 heterocycles. The molecule has 0 unspecified atom stereocenters. The Balaban J connectivity index is 2.65. The van der Waals surface area contributed by atoms with Gasteiger partial charge in [0.05, 0.1) is 15.6 Å². The maximum Gasteiger partial charge on any atom is 0.147 e. The van der Waals surface area contributed by atoms with Crippen molar-refractivity contribution in [3.05, 3.63) is 26.6 Å². The van der Waals surface area contributed by atoms with Crippen LogP contribution in [0.1, 0.15) is 31.7 Å². The number of ether oxygens (including phenoxy) is 1. The zero-order valence-electron chi connectivity index (χ0n) is 10.4. The maximum absolute atomic E-state index is 5.79. The van der Waals surface area contributed by atoms with Crippen LogP contribution in [0.3, 0.4) is 0 Å². The second kappa shape index (κ2) is 8.11. The van der Waals surface area contributed by atoms with E-state index in [1.165, 1.54) is 18.4 Å². The lowest BCUT2D eigenvalue weighted by molar-refractivity contribution is 0.302. The molecule has 0 aromatic heterocycles. The molecule has 0 fully saturated rings. The summed E-state index contributed by atoms with van der Waals surface area (Å²) < 4.78 is 7.80. The average molecular weight is 365 g/mol. The highest BCUT2D eigenvalue weighted by molar-refractivity contribution is 9.11. The summed E-state index contributed by atoms with van der Waals surface area (Å²) in [7, 11) is 1.94. The predicted molar refractivity (Wildman–Crippen MR) is 79.6 cm³/mol. The summed E-state index contributed by atoms with van der Waals surface area (Å²) in [6.45, 7) is 3.82. The molecular formula is C13H19Br2NO. The zero-order valence-corrected chi connectivity index (χ0v) is 13.5. The molecule has 17 heavy (non-hydrogen) atoms. The van der Waals surface area contributed by atoms with Crippen molar-refractivity contribution in [2.45, 2.75) is 32.7 Å². The lowest BCUT2D eigenvalue weighted by Gasteiger charge is -2.12. The van der Waals surface area contributed by atoms with Crippen molar-refractivity contribution in [1.82, 2.24) is 5.32 Å². The number of nitrogens with one attached hydrogen (secondary N) is 1. The third kappa shape index (κ3) is 4.98. The van der Waals surface area contributed by atoms with Gasteiger partial charge in [0, 0.05) is 6.54 Å². The molecule has 0 saturated heterocycles. The van der Waals surface area contributed by atoms with E-state index in [9.17, 15) is 0 Å². The average Bonchev–Trinajstić information content (AvgIpc) is 2.27. The topological polar surface area (TPSA) is 21.3 Å². The summed E-state index contributed by atoms with van der Waals surface area (Å²) in [6, 6.07) is 4.19. The predicted octanol–water partition coefficient (Wildman–Crippen LogP) is 4.50. The first kappa shape index (κ1) is 15.0. The van der Waals surface area contributed by atoms with Crippen molar-refractivity contribution in [2.75, 3.05) is 13.7 Å². The molecule has 0 saturated carbocycles. The molecule has 0 aliphatic rings. The van der Waals surface area contributed by atoms with E-state index in [0.29, 0.717) is 0 Å². The molecule has 0 radical (unpaired) electrons. The van der Waals surface area contributed by atoms with Gasteiger partial charge in [-0.1, -0.05) is 19.8 Å². The van der Waals surface area contributed by atoms with Gasteiger partial charge in [-0.25, -0.2) is 0 Å². The molecule has 0 aliphatic carbocycles. The number of rotatable bonds is 7. The Morgan fingerprint density at radius 3 is 2.35 bits per heavy atom. The first-order valence-corrected chi connectivity index (χ1v) is 7.53. The fourth-order valence-electron chi connectivity index (χ4n) is 1.58. The second-order valence-electron chi connectivity index (χ2n) is 3.97. The molecule has 2 nitrogen and oxygen atoms in total. The van der Waals surface area contributed by atoms with E-state index in [1.54, 1.807) is 0 Å². The van der Waals surface area contributed by atoms with E-state index in [-0.39, 0.29) is 0 Å². The molecule has 0 amide bonds. The Labute approximate surface area is 120 Å². The first-order chi connectivity index (χ1) is 8.19. The van der Waals surface area contributed by atoms with E-state index in [0.717, 1.165) is 34.3 Å². The van der Waals surface area contributed by atoms with Gasteiger partial charge >= 0.3 is 0 Å². The van der Waals surface area contributed by atoms with Crippen LogP contribution in [0.4, 0.5) is 0 Å². The standard InChI is InChI=1S/C13H19Br2NO/c1-3-4-5-6-17-13-11(14)7-10(9-16-2)8-12(13)15/h7-8,16H,3-6,9H2,1-2H3. The van der Waals surface area contributed by atoms with Crippen molar-refractivity contribution in [3.8, 4) is 5.75 Å². The zero-order chi connectivity index (χ0) is 12.7. The number of unbranched alkanes of at least 4 members (excludes halogenated alkanes) is 2. The highest BCUT2D eigenvalue weighted by atomic mass is 79.9. The number of benzene rings is 1. The molecule has 1 aromatic carbocycles. The van der Waals surface area contributed by atoms with Gasteiger partial charge in [0.15, 0.2) is 0 Å². The third-order valence-corrected chi connectivity index (χ3v) is 3.61. The van der Waals surface area contributed by atoms with Crippen LogP contribution in [0.25, 0.3) is 0 Å². The minimum absolute atomic E-state index is 0.774. The molecule has 1 aromatic rings. The number of halogens is 2. The molecular weight excluding hydrogens is 346 g/mol. The van der Waals surface area contributed by atoms with Crippen LogP contribution in [0.15, 0.2) is 21.1 Å². The summed E-state index contributed by atoms with van der Waals surface area (Å²) in [5.74, 6) is 0.904. The van der Waals surface area contributed by atoms with Crippen LogP contribution >= 0.6 is 31.9 Å². The van der Waals surface area contributed by atoms with E-state index >= 15 is 0 Å².